The van der Waals surface area contributed by atoms with Crippen LogP contribution >= 0.6 is 0 Å². The van der Waals surface area contributed by atoms with E-state index in [4.69, 9.17) is 9.72 Å². The highest BCUT2D eigenvalue weighted by molar-refractivity contribution is 6.76. The Balaban J connectivity index is 1.15. The number of fused-ring (bicyclic) bond motifs is 2. The van der Waals surface area contributed by atoms with Crippen molar-refractivity contribution in [1.82, 2.24) is 24.2 Å². The predicted molar refractivity (Wildman–Crippen MR) is 174 cm³/mol. The molecule has 0 radical (unpaired) electrons. The zero-order chi connectivity index (χ0) is 30.1. The number of rotatable bonds is 10. The quantitative estimate of drug-likeness (QED) is 0.139. The number of benzene rings is 2. The van der Waals surface area contributed by atoms with Gasteiger partial charge in [-0.25, -0.2) is 14.5 Å². The van der Waals surface area contributed by atoms with Gasteiger partial charge in [0.1, 0.15) is 12.4 Å². The zero-order valence-electron chi connectivity index (χ0n) is 25.6. The second-order valence-corrected chi connectivity index (χ2v) is 18.7. The molecule has 2 aromatic carbocycles. The maximum Gasteiger partial charge on any atom is 0.335 e. The Kier molecular flexibility index (Phi) is 8.22. The highest BCUT2D eigenvalue weighted by atomic mass is 28.3. The number of aromatic nitrogens is 4. The first-order chi connectivity index (χ1) is 20.7. The number of carboxylic acids is 1. The molecule has 0 unspecified atom stereocenters. The van der Waals surface area contributed by atoms with Crippen molar-refractivity contribution in [3.63, 3.8) is 0 Å². The number of hydrogen-bond acceptors (Lipinski definition) is 5. The van der Waals surface area contributed by atoms with Crippen molar-refractivity contribution in [2.75, 3.05) is 19.7 Å². The number of likely N-dealkylation sites (tertiary alicyclic amines) is 1. The Morgan fingerprint density at radius 3 is 2.53 bits per heavy atom. The summed E-state index contributed by atoms with van der Waals surface area (Å²) in [5.41, 5.74) is 7.24. The highest BCUT2D eigenvalue weighted by Crippen LogP contribution is 2.33. The van der Waals surface area contributed by atoms with Crippen LogP contribution in [0, 0.1) is 0 Å². The normalized spacial score (nSPS) is 15.1. The van der Waals surface area contributed by atoms with Crippen molar-refractivity contribution in [1.29, 1.82) is 0 Å². The van der Waals surface area contributed by atoms with Crippen molar-refractivity contribution in [2.24, 2.45) is 7.05 Å². The Morgan fingerprint density at radius 2 is 1.81 bits per heavy atom. The van der Waals surface area contributed by atoms with Crippen LogP contribution < -0.4 is 0 Å². The van der Waals surface area contributed by atoms with Gasteiger partial charge in [0.15, 0.2) is 0 Å². The van der Waals surface area contributed by atoms with Crippen LogP contribution in [0.3, 0.4) is 0 Å². The standard InChI is InChI=1S/C34H41N5O3Si/c1-37-29(22-38-15-12-25(13-16-38)24-5-7-26(8-6-24)34(40)41)20-31-30(11-14-35-33(31)37)27-9-10-32-28(19-27)21-36-39(32)23-42-17-18-43(2,3)4/h5-11,14,19-21,25H,12-13,15-18,22-23H2,1-4H3,(H,40,41). The van der Waals surface area contributed by atoms with Gasteiger partial charge in [-0.3, -0.25) is 4.90 Å². The fourth-order valence-corrected chi connectivity index (χ4v) is 6.87. The summed E-state index contributed by atoms with van der Waals surface area (Å²) >= 11 is 0. The number of carbonyl (C=O) groups is 1. The van der Waals surface area contributed by atoms with E-state index in [0.29, 0.717) is 18.2 Å². The van der Waals surface area contributed by atoms with Crippen LogP contribution in [0.15, 0.2) is 67.0 Å². The molecule has 1 fully saturated rings. The molecule has 0 saturated carbocycles. The van der Waals surface area contributed by atoms with Crippen LogP contribution in [-0.2, 0) is 25.1 Å². The van der Waals surface area contributed by atoms with E-state index in [1.54, 1.807) is 12.1 Å². The molecule has 0 amide bonds. The molecule has 4 heterocycles. The van der Waals surface area contributed by atoms with E-state index in [1.165, 1.54) is 16.8 Å². The van der Waals surface area contributed by atoms with E-state index in [2.05, 4.69) is 71.6 Å². The summed E-state index contributed by atoms with van der Waals surface area (Å²) in [5.74, 6) is -0.407. The first-order valence-corrected chi connectivity index (χ1v) is 18.9. The lowest BCUT2D eigenvalue weighted by atomic mass is 9.89. The van der Waals surface area contributed by atoms with Gasteiger partial charge in [0, 0.05) is 50.9 Å². The SMILES string of the molecule is Cn1c(CN2CCC(c3ccc(C(=O)O)cc3)CC2)cc2c(-c3ccc4c(cnn4COCC[Si](C)(C)C)c3)ccnc21. The van der Waals surface area contributed by atoms with Crippen LogP contribution in [0.1, 0.15) is 40.4 Å². The molecule has 0 spiro atoms. The maximum absolute atomic E-state index is 11.2. The molecule has 224 valence electrons. The summed E-state index contributed by atoms with van der Waals surface area (Å²) in [6, 6.07) is 19.5. The summed E-state index contributed by atoms with van der Waals surface area (Å²) in [6.45, 7) is 11.2. The monoisotopic (exact) mass is 595 g/mol. The van der Waals surface area contributed by atoms with Crippen LogP contribution in [0.25, 0.3) is 33.1 Å². The molecule has 9 heteroatoms. The maximum atomic E-state index is 11.2. The second kappa shape index (κ2) is 12.1. The van der Waals surface area contributed by atoms with Gasteiger partial charge in [0.2, 0.25) is 0 Å². The molecule has 1 aliphatic heterocycles. The van der Waals surface area contributed by atoms with E-state index in [1.807, 2.05) is 29.2 Å². The molecule has 0 aliphatic carbocycles. The Hall–Kier alpha value is -3.79. The minimum absolute atomic E-state index is 0.345. The minimum atomic E-state index is -1.12. The topological polar surface area (TPSA) is 85.4 Å². The number of aromatic carboxylic acids is 1. The lowest BCUT2D eigenvalue weighted by molar-refractivity contribution is 0.0696. The minimum Gasteiger partial charge on any atom is -0.478 e. The van der Waals surface area contributed by atoms with Crippen LogP contribution in [0.5, 0.6) is 0 Å². The predicted octanol–water partition coefficient (Wildman–Crippen LogP) is 6.98. The van der Waals surface area contributed by atoms with Gasteiger partial charge < -0.3 is 14.4 Å². The molecule has 0 atom stereocenters. The van der Waals surface area contributed by atoms with Gasteiger partial charge in [-0.2, -0.15) is 5.10 Å². The lowest BCUT2D eigenvalue weighted by Crippen LogP contribution is -2.33. The molecule has 0 bridgehead atoms. The molecule has 3 aromatic heterocycles. The number of piperidine rings is 1. The highest BCUT2D eigenvalue weighted by Gasteiger charge is 2.23. The number of nitrogens with zero attached hydrogens (tertiary/aromatic N) is 5. The summed E-state index contributed by atoms with van der Waals surface area (Å²) in [4.78, 5) is 18.5. The van der Waals surface area contributed by atoms with Crippen LogP contribution in [0.2, 0.25) is 25.7 Å². The van der Waals surface area contributed by atoms with Crippen molar-refractivity contribution in [2.45, 2.75) is 57.7 Å². The first-order valence-electron chi connectivity index (χ1n) is 15.2. The molecule has 8 nitrogen and oxygen atoms in total. The van der Waals surface area contributed by atoms with E-state index in [-0.39, 0.29) is 0 Å². The van der Waals surface area contributed by atoms with Crippen molar-refractivity contribution < 1.29 is 14.6 Å². The number of carboxylic acid groups (broad SMARTS) is 1. The third-order valence-corrected chi connectivity index (χ3v) is 10.5. The molecular weight excluding hydrogens is 554 g/mol. The Bertz CT molecular complexity index is 1740. The smallest absolute Gasteiger partial charge is 0.335 e. The number of hydrogen-bond donors (Lipinski definition) is 1. The van der Waals surface area contributed by atoms with Gasteiger partial charge in [0.05, 0.1) is 17.3 Å². The second-order valence-electron chi connectivity index (χ2n) is 13.0. The third-order valence-electron chi connectivity index (χ3n) is 8.79. The van der Waals surface area contributed by atoms with Crippen molar-refractivity contribution in [3.8, 4) is 11.1 Å². The van der Waals surface area contributed by atoms with Crippen LogP contribution in [0.4, 0.5) is 0 Å². The summed E-state index contributed by atoms with van der Waals surface area (Å²) in [5, 5.41) is 16.1. The van der Waals surface area contributed by atoms with Gasteiger partial charge in [-0.15, -0.1) is 0 Å². The van der Waals surface area contributed by atoms with Crippen LogP contribution in [-0.4, -0.2) is 63.1 Å². The number of ether oxygens (including phenoxy) is 1. The van der Waals surface area contributed by atoms with E-state index in [0.717, 1.165) is 72.6 Å². The fourth-order valence-electron chi connectivity index (χ4n) is 6.11. The molecule has 43 heavy (non-hydrogen) atoms. The number of pyridine rings is 1. The largest absolute Gasteiger partial charge is 0.478 e. The molecule has 1 aliphatic rings. The number of aryl methyl sites for hydroxylation is 1. The van der Waals surface area contributed by atoms with E-state index in [9.17, 15) is 9.90 Å². The molecular formula is C34H41N5O3Si. The molecule has 5 aromatic rings. The fraction of sp³-hybridized carbons (Fsp3) is 0.382. The zero-order valence-corrected chi connectivity index (χ0v) is 26.6. The van der Waals surface area contributed by atoms with Gasteiger partial charge in [-0.05, 0) is 91.0 Å². The molecule has 6 rings (SSSR count). The van der Waals surface area contributed by atoms with Crippen molar-refractivity contribution in [3.05, 3.63) is 83.8 Å². The average Bonchev–Trinajstić information content (AvgIpc) is 3.55. The van der Waals surface area contributed by atoms with Crippen molar-refractivity contribution >= 4 is 36.0 Å². The summed E-state index contributed by atoms with van der Waals surface area (Å²) in [7, 11) is 0.996. The van der Waals surface area contributed by atoms with Gasteiger partial charge >= 0.3 is 5.97 Å². The average molecular weight is 596 g/mol. The van der Waals surface area contributed by atoms with Gasteiger partial charge in [-0.1, -0.05) is 37.8 Å². The molecule has 1 N–H and O–H groups in total. The van der Waals surface area contributed by atoms with E-state index < -0.39 is 14.0 Å². The Labute approximate surface area is 253 Å². The third kappa shape index (κ3) is 6.44. The summed E-state index contributed by atoms with van der Waals surface area (Å²) in [6.07, 6.45) is 5.97. The first kappa shape index (κ1) is 29.3. The van der Waals surface area contributed by atoms with Gasteiger partial charge in [0.25, 0.3) is 0 Å². The Morgan fingerprint density at radius 1 is 1.05 bits per heavy atom. The molecule has 1 saturated heterocycles. The van der Waals surface area contributed by atoms with E-state index >= 15 is 0 Å². The summed E-state index contributed by atoms with van der Waals surface area (Å²) < 4.78 is 10.1. The lowest BCUT2D eigenvalue weighted by Gasteiger charge is -2.32.